The molecule has 0 aliphatic heterocycles. The highest BCUT2D eigenvalue weighted by molar-refractivity contribution is 5.48. The fraction of sp³-hybridized carbons (Fsp3) is 0.857. The van der Waals surface area contributed by atoms with E-state index in [1.165, 1.54) is 12.8 Å². The van der Waals surface area contributed by atoms with Crippen molar-refractivity contribution in [3.63, 3.8) is 0 Å². The maximum atomic E-state index is 10.3. The monoisotopic (exact) mass is 127 g/mol. The van der Waals surface area contributed by atoms with Crippen molar-refractivity contribution in [2.45, 2.75) is 32.2 Å². The first-order valence-corrected chi connectivity index (χ1v) is 3.59. The lowest BCUT2D eigenvalue weighted by Crippen LogP contribution is -2.24. The lowest BCUT2D eigenvalue weighted by molar-refractivity contribution is -0.118. The van der Waals surface area contributed by atoms with Crippen LogP contribution in [-0.2, 0) is 4.79 Å². The first kappa shape index (κ1) is 6.59. The summed E-state index contributed by atoms with van der Waals surface area (Å²) in [4.78, 5) is 12.2. The Kier molecular flexibility index (Phi) is 2.09. The summed E-state index contributed by atoms with van der Waals surface area (Å²) in [5.41, 5.74) is 0. The van der Waals surface area contributed by atoms with Crippen LogP contribution >= 0.6 is 0 Å². The molecule has 2 nitrogen and oxygen atoms in total. The van der Waals surface area contributed by atoms with Crippen molar-refractivity contribution in [3.8, 4) is 0 Å². The molecule has 9 heavy (non-hydrogen) atoms. The Morgan fingerprint density at radius 3 is 2.67 bits per heavy atom. The van der Waals surface area contributed by atoms with E-state index in [2.05, 4.69) is 6.92 Å². The fourth-order valence-corrected chi connectivity index (χ4v) is 0.986. The van der Waals surface area contributed by atoms with E-state index in [1.54, 1.807) is 0 Å². The van der Waals surface area contributed by atoms with Crippen molar-refractivity contribution < 1.29 is 4.79 Å². The maximum Gasteiger partial charge on any atom is 0.209 e. The van der Waals surface area contributed by atoms with E-state index < -0.39 is 0 Å². The average molecular weight is 127 g/mol. The summed E-state index contributed by atoms with van der Waals surface area (Å²) < 4.78 is 0. The van der Waals surface area contributed by atoms with Gasteiger partial charge in [-0.05, 0) is 19.3 Å². The fourth-order valence-electron chi connectivity index (χ4n) is 0.986. The van der Waals surface area contributed by atoms with Crippen molar-refractivity contribution in [1.29, 1.82) is 0 Å². The van der Waals surface area contributed by atoms with Crippen LogP contribution in [0, 0.1) is 0 Å². The third-order valence-corrected chi connectivity index (χ3v) is 1.63. The summed E-state index contributed by atoms with van der Waals surface area (Å²) in [7, 11) is 0. The van der Waals surface area contributed by atoms with Crippen LogP contribution < -0.4 is 0 Å². The molecule has 0 aromatic heterocycles. The van der Waals surface area contributed by atoms with Gasteiger partial charge < -0.3 is 4.90 Å². The molecule has 0 heterocycles. The number of hydrogen-bond acceptors (Lipinski definition) is 1. The van der Waals surface area contributed by atoms with Gasteiger partial charge in [-0.2, -0.15) is 0 Å². The van der Waals surface area contributed by atoms with Gasteiger partial charge in [0.15, 0.2) is 0 Å². The van der Waals surface area contributed by atoms with Gasteiger partial charge in [-0.3, -0.25) is 4.79 Å². The Balaban J connectivity index is 2.20. The third-order valence-electron chi connectivity index (χ3n) is 1.63. The molecular formula is C7H13NO. The molecule has 0 radical (unpaired) electrons. The third kappa shape index (κ3) is 1.70. The summed E-state index contributed by atoms with van der Waals surface area (Å²) in [5.74, 6) is 0. The average Bonchev–Trinajstić information content (AvgIpc) is 2.64. The molecule has 1 saturated carbocycles. The van der Waals surface area contributed by atoms with Gasteiger partial charge in [-0.1, -0.05) is 6.92 Å². The number of rotatable bonds is 4. The van der Waals surface area contributed by atoms with Crippen LogP contribution in [0.15, 0.2) is 0 Å². The van der Waals surface area contributed by atoms with Crippen LogP contribution in [0.25, 0.3) is 0 Å². The highest BCUT2D eigenvalue weighted by Crippen LogP contribution is 2.25. The minimum Gasteiger partial charge on any atom is -0.342 e. The summed E-state index contributed by atoms with van der Waals surface area (Å²) in [6, 6.07) is 0.599. The molecular weight excluding hydrogens is 114 g/mol. The molecule has 0 saturated heterocycles. The standard InChI is InChI=1S/C7H13NO/c1-2-5-8(6-9)7-3-4-7/h6-7H,2-5H2,1H3. The van der Waals surface area contributed by atoms with E-state index in [-0.39, 0.29) is 0 Å². The Bertz CT molecular complexity index is 99.1. The van der Waals surface area contributed by atoms with Gasteiger partial charge in [0.05, 0.1) is 0 Å². The number of carbonyl (C=O) groups excluding carboxylic acids is 1. The normalized spacial score (nSPS) is 17.4. The predicted octanol–water partition coefficient (Wildman–Crippen LogP) is 1.02. The first-order valence-electron chi connectivity index (χ1n) is 3.59. The SMILES string of the molecule is CCCN(C=O)C1CC1. The molecule has 1 amide bonds. The van der Waals surface area contributed by atoms with E-state index in [0.29, 0.717) is 6.04 Å². The van der Waals surface area contributed by atoms with Crippen LogP contribution in [0.2, 0.25) is 0 Å². The molecule has 2 heteroatoms. The molecule has 0 aromatic carbocycles. The Morgan fingerprint density at radius 2 is 2.33 bits per heavy atom. The molecule has 0 aromatic rings. The number of amides is 1. The zero-order valence-corrected chi connectivity index (χ0v) is 5.84. The smallest absolute Gasteiger partial charge is 0.209 e. The van der Waals surface area contributed by atoms with Crippen LogP contribution in [0.4, 0.5) is 0 Å². The topological polar surface area (TPSA) is 20.3 Å². The lowest BCUT2D eigenvalue weighted by atomic mass is 10.4. The second kappa shape index (κ2) is 2.85. The van der Waals surface area contributed by atoms with Gasteiger partial charge in [-0.15, -0.1) is 0 Å². The second-order valence-corrected chi connectivity index (χ2v) is 2.57. The van der Waals surface area contributed by atoms with Crippen molar-refractivity contribution in [2.75, 3.05) is 6.54 Å². The molecule has 1 rings (SSSR count). The molecule has 0 atom stereocenters. The minimum atomic E-state index is 0.599. The van der Waals surface area contributed by atoms with Gasteiger partial charge in [0, 0.05) is 12.6 Å². The summed E-state index contributed by atoms with van der Waals surface area (Å²) in [6.45, 7) is 3.03. The number of carbonyl (C=O) groups is 1. The van der Waals surface area contributed by atoms with E-state index in [4.69, 9.17) is 0 Å². The molecule has 1 aliphatic rings. The summed E-state index contributed by atoms with van der Waals surface area (Å²) >= 11 is 0. The van der Waals surface area contributed by atoms with Gasteiger partial charge >= 0.3 is 0 Å². The van der Waals surface area contributed by atoms with Gasteiger partial charge in [0.25, 0.3) is 0 Å². The predicted molar refractivity (Wildman–Crippen MR) is 36.1 cm³/mol. The molecule has 0 bridgehead atoms. The van der Waals surface area contributed by atoms with Crippen molar-refractivity contribution in [3.05, 3.63) is 0 Å². The van der Waals surface area contributed by atoms with E-state index >= 15 is 0 Å². The first-order chi connectivity index (χ1) is 4.38. The zero-order chi connectivity index (χ0) is 6.69. The minimum absolute atomic E-state index is 0.599. The molecule has 0 spiro atoms. The summed E-state index contributed by atoms with van der Waals surface area (Å²) in [6.07, 6.45) is 4.49. The van der Waals surface area contributed by atoms with Gasteiger partial charge in [-0.25, -0.2) is 0 Å². The molecule has 1 fully saturated rings. The highest BCUT2D eigenvalue weighted by atomic mass is 16.1. The van der Waals surface area contributed by atoms with Gasteiger partial charge in [0.1, 0.15) is 0 Å². The molecule has 52 valence electrons. The van der Waals surface area contributed by atoms with Crippen LogP contribution in [-0.4, -0.2) is 23.9 Å². The molecule has 1 aliphatic carbocycles. The Labute approximate surface area is 55.8 Å². The van der Waals surface area contributed by atoms with Crippen molar-refractivity contribution >= 4 is 6.41 Å². The Morgan fingerprint density at radius 1 is 1.67 bits per heavy atom. The second-order valence-electron chi connectivity index (χ2n) is 2.57. The van der Waals surface area contributed by atoms with Crippen molar-refractivity contribution in [2.24, 2.45) is 0 Å². The highest BCUT2D eigenvalue weighted by Gasteiger charge is 2.26. The molecule has 0 N–H and O–H groups in total. The zero-order valence-electron chi connectivity index (χ0n) is 5.84. The maximum absolute atomic E-state index is 10.3. The van der Waals surface area contributed by atoms with Crippen LogP contribution in [0.5, 0.6) is 0 Å². The number of nitrogens with zero attached hydrogens (tertiary/aromatic N) is 1. The van der Waals surface area contributed by atoms with Crippen LogP contribution in [0.1, 0.15) is 26.2 Å². The van der Waals surface area contributed by atoms with Crippen LogP contribution in [0.3, 0.4) is 0 Å². The Hall–Kier alpha value is -0.530. The van der Waals surface area contributed by atoms with Crippen molar-refractivity contribution in [1.82, 2.24) is 4.90 Å². The molecule has 0 unspecified atom stereocenters. The van der Waals surface area contributed by atoms with Gasteiger partial charge in [0.2, 0.25) is 6.41 Å². The number of hydrogen-bond donors (Lipinski definition) is 0. The quantitative estimate of drug-likeness (QED) is 0.516. The van der Waals surface area contributed by atoms with E-state index in [9.17, 15) is 4.79 Å². The van der Waals surface area contributed by atoms with E-state index in [1.807, 2.05) is 4.90 Å². The summed E-state index contributed by atoms with van der Waals surface area (Å²) in [5, 5.41) is 0. The lowest BCUT2D eigenvalue weighted by Gasteiger charge is -2.13. The van der Waals surface area contributed by atoms with E-state index in [0.717, 1.165) is 19.4 Å². The largest absolute Gasteiger partial charge is 0.342 e.